The van der Waals surface area contributed by atoms with Crippen LogP contribution in [0.2, 0.25) is 0 Å². The first kappa shape index (κ1) is 15.3. The van der Waals surface area contributed by atoms with Crippen molar-refractivity contribution in [2.75, 3.05) is 11.9 Å². The van der Waals surface area contributed by atoms with Crippen LogP contribution in [0.4, 0.5) is 5.82 Å². The summed E-state index contributed by atoms with van der Waals surface area (Å²) in [5.74, 6) is 1.21. The lowest BCUT2D eigenvalue weighted by Gasteiger charge is -2.21. The number of hydrogen-bond donors (Lipinski definition) is 2. The van der Waals surface area contributed by atoms with Crippen molar-refractivity contribution >= 4 is 27.7 Å². The third-order valence-corrected chi connectivity index (χ3v) is 4.34. The lowest BCUT2D eigenvalue weighted by atomic mass is 9.99. The average molecular weight is 340 g/mol. The molecule has 1 aliphatic carbocycles. The molecule has 1 fully saturated rings. The monoisotopic (exact) mass is 339 g/mol. The molecule has 1 atom stereocenters. The minimum absolute atomic E-state index is 0.0471. The summed E-state index contributed by atoms with van der Waals surface area (Å²) in [6.07, 6.45) is 6.71. The number of pyridine rings is 1. The van der Waals surface area contributed by atoms with Gasteiger partial charge in [-0.15, -0.1) is 0 Å². The maximum Gasteiger partial charge on any atom is 0.255 e. The van der Waals surface area contributed by atoms with Gasteiger partial charge in [0.15, 0.2) is 0 Å². The Labute approximate surface area is 128 Å². The molecule has 0 aromatic carbocycles. The molecular formula is C15H22BrN3O. The quantitative estimate of drug-likeness (QED) is 0.861. The van der Waals surface area contributed by atoms with Gasteiger partial charge in [0.2, 0.25) is 0 Å². The zero-order valence-electron chi connectivity index (χ0n) is 12.1. The van der Waals surface area contributed by atoms with Crippen molar-refractivity contribution in [3.63, 3.8) is 0 Å². The minimum Gasteiger partial charge on any atom is -0.370 e. The molecule has 20 heavy (non-hydrogen) atoms. The van der Waals surface area contributed by atoms with Gasteiger partial charge in [-0.3, -0.25) is 4.79 Å². The molecule has 1 unspecified atom stereocenters. The second-order valence-electron chi connectivity index (χ2n) is 5.39. The first-order chi connectivity index (χ1) is 9.61. The Bertz CT molecular complexity index is 472. The molecule has 4 nitrogen and oxygen atoms in total. The van der Waals surface area contributed by atoms with Crippen molar-refractivity contribution in [1.29, 1.82) is 0 Å². The normalized spacial score (nSPS) is 16.9. The first-order valence-electron chi connectivity index (χ1n) is 7.32. The van der Waals surface area contributed by atoms with E-state index in [9.17, 15) is 4.79 Å². The molecule has 2 N–H and O–H groups in total. The van der Waals surface area contributed by atoms with Crippen LogP contribution in [-0.2, 0) is 0 Å². The molecule has 0 saturated heterocycles. The molecule has 110 valence electrons. The predicted molar refractivity (Wildman–Crippen MR) is 85.0 cm³/mol. The summed E-state index contributed by atoms with van der Waals surface area (Å²) < 4.78 is 0.817. The summed E-state index contributed by atoms with van der Waals surface area (Å²) in [6, 6.07) is 2.04. The van der Waals surface area contributed by atoms with Gasteiger partial charge in [-0.1, -0.05) is 12.8 Å². The van der Waals surface area contributed by atoms with Crippen LogP contribution in [0.5, 0.6) is 0 Å². The molecule has 2 rings (SSSR count). The number of nitrogens with zero attached hydrogens (tertiary/aromatic N) is 1. The van der Waals surface area contributed by atoms with Crippen molar-refractivity contribution in [3.05, 3.63) is 22.3 Å². The van der Waals surface area contributed by atoms with E-state index in [-0.39, 0.29) is 11.9 Å². The fraction of sp³-hybridized carbons (Fsp3) is 0.600. The molecular weight excluding hydrogens is 318 g/mol. The lowest BCUT2D eigenvalue weighted by Crippen LogP contribution is -2.37. The van der Waals surface area contributed by atoms with Crippen LogP contribution in [0.1, 0.15) is 49.9 Å². The van der Waals surface area contributed by atoms with Crippen LogP contribution in [0, 0.1) is 5.92 Å². The summed E-state index contributed by atoms with van der Waals surface area (Å²) in [7, 11) is 0. The highest BCUT2D eigenvalue weighted by atomic mass is 79.9. The van der Waals surface area contributed by atoms with Gasteiger partial charge in [-0.05, 0) is 54.6 Å². The van der Waals surface area contributed by atoms with Crippen LogP contribution < -0.4 is 10.6 Å². The summed E-state index contributed by atoms with van der Waals surface area (Å²) in [6.45, 7) is 4.84. The van der Waals surface area contributed by atoms with Gasteiger partial charge in [0.25, 0.3) is 5.91 Å². The molecule has 1 aromatic heterocycles. The van der Waals surface area contributed by atoms with Crippen molar-refractivity contribution in [2.24, 2.45) is 5.92 Å². The van der Waals surface area contributed by atoms with E-state index in [1.54, 1.807) is 6.20 Å². The van der Waals surface area contributed by atoms with Gasteiger partial charge in [-0.2, -0.15) is 0 Å². The summed E-state index contributed by atoms with van der Waals surface area (Å²) >= 11 is 3.38. The Morgan fingerprint density at radius 1 is 1.50 bits per heavy atom. The first-order valence-corrected chi connectivity index (χ1v) is 8.11. The zero-order valence-corrected chi connectivity index (χ0v) is 13.7. The molecule has 0 aliphatic heterocycles. The number of carbonyl (C=O) groups excluding carboxylic acids is 1. The number of rotatable bonds is 5. The van der Waals surface area contributed by atoms with Crippen molar-refractivity contribution in [1.82, 2.24) is 10.3 Å². The van der Waals surface area contributed by atoms with E-state index in [1.165, 1.54) is 25.7 Å². The van der Waals surface area contributed by atoms with Gasteiger partial charge in [-0.25, -0.2) is 4.98 Å². The molecule has 0 bridgehead atoms. The number of carbonyl (C=O) groups is 1. The van der Waals surface area contributed by atoms with Crippen molar-refractivity contribution < 1.29 is 4.79 Å². The predicted octanol–water partition coefficient (Wildman–Crippen LogP) is 3.58. The van der Waals surface area contributed by atoms with E-state index >= 15 is 0 Å². The number of halogens is 1. The van der Waals surface area contributed by atoms with Crippen LogP contribution in [-0.4, -0.2) is 23.5 Å². The lowest BCUT2D eigenvalue weighted by molar-refractivity contribution is 0.0927. The Kier molecular flexibility index (Phi) is 5.40. The van der Waals surface area contributed by atoms with Crippen molar-refractivity contribution in [2.45, 2.75) is 45.6 Å². The van der Waals surface area contributed by atoms with Crippen LogP contribution in [0.3, 0.4) is 0 Å². The van der Waals surface area contributed by atoms with E-state index in [1.807, 2.05) is 13.0 Å². The molecule has 5 heteroatoms. The van der Waals surface area contributed by atoms with E-state index in [0.717, 1.165) is 11.0 Å². The Morgan fingerprint density at radius 3 is 2.85 bits per heavy atom. The highest BCUT2D eigenvalue weighted by Crippen LogP contribution is 2.28. The van der Waals surface area contributed by atoms with Crippen LogP contribution in [0.15, 0.2) is 16.7 Å². The molecule has 1 heterocycles. The third-order valence-electron chi connectivity index (χ3n) is 3.91. The van der Waals surface area contributed by atoms with Gasteiger partial charge >= 0.3 is 0 Å². The maximum absolute atomic E-state index is 12.4. The van der Waals surface area contributed by atoms with Crippen LogP contribution >= 0.6 is 15.9 Å². The summed E-state index contributed by atoms with van der Waals surface area (Å²) in [5, 5.41) is 6.26. The van der Waals surface area contributed by atoms with E-state index in [0.29, 0.717) is 17.3 Å². The molecule has 1 amide bonds. The number of anilines is 1. The Morgan fingerprint density at radius 2 is 2.20 bits per heavy atom. The molecule has 1 aliphatic rings. The summed E-state index contributed by atoms with van der Waals surface area (Å²) in [5.41, 5.74) is 0.603. The zero-order chi connectivity index (χ0) is 14.5. The van der Waals surface area contributed by atoms with Gasteiger partial charge in [0.1, 0.15) is 5.82 Å². The smallest absolute Gasteiger partial charge is 0.255 e. The second-order valence-corrected chi connectivity index (χ2v) is 6.30. The van der Waals surface area contributed by atoms with Gasteiger partial charge in [0.05, 0.1) is 5.56 Å². The SMILES string of the molecule is CCNc1ncc(Br)cc1C(=O)NC(C)C1CCCC1. The largest absolute Gasteiger partial charge is 0.370 e. The van der Waals surface area contributed by atoms with E-state index < -0.39 is 0 Å². The number of nitrogens with one attached hydrogen (secondary N) is 2. The standard InChI is InChI=1S/C15H22BrN3O/c1-3-17-14-13(8-12(16)9-18-14)15(20)19-10(2)11-6-4-5-7-11/h8-11H,3-7H2,1-2H3,(H,17,18)(H,19,20). The third kappa shape index (κ3) is 3.72. The molecule has 0 spiro atoms. The summed E-state index contributed by atoms with van der Waals surface area (Å²) in [4.78, 5) is 16.7. The van der Waals surface area contributed by atoms with Gasteiger partial charge < -0.3 is 10.6 Å². The molecule has 1 saturated carbocycles. The number of hydrogen-bond acceptors (Lipinski definition) is 3. The maximum atomic E-state index is 12.4. The number of aromatic nitrogens is 1. The van der Waals surface area contributed by atoms with E-state index in [4.69, 9.17) is 0 Å². The topological polar surface area (TPSA) is 54.0 Å². The van der Waals surface area contributed by atoms with Crippen molar-refractivity contribution in [3.8, 4) is 0 Å². The minimum atomic E-state index is -0.0471. The second kappa shape index (κ2) is 7.07. The Balaban J connectivity index is 2.09. The highest BCUT2D eigenvalue weighted by molar-refractivity contribution is 9.10. The average Bonchev–Trinajstić information content (AvgIpc) is 2.95. The van der Waals surface area contributed by atoms with Gasteiger partial charge in [0, 0.05) is 23.3 Å². The Hall–Kier alpha value is -1.10. The number of amides is 1. The van der Waals surface area contributed by atoms with Crippen LogP contribution in [0.25, 0.3) is 0 Å². The highest BCUT2D eigenvalue weighted by Gasteiger charge is 2.24. The van der Waals surface area contributed by atoms with E-state index in [2.05, 4.69) is 38.5 Å². The fourth-order valence-corrected chi connectivity index (χ4v) is 3.11. The fourth-order valence-electron chi connectivity index (χ4n) is 2.78. The molecule has 1 aromatic rings. The molecule has 0 radical (unpaired) electrons.